The Morgan fingerprint density at radius 2 is 2.05 bits per heavy atom. The third kappa shape index (κ3) is 4.24. The van der Waals surface area contributed by atoms with Gasteiger partial charge < -0.3 is 16.0 Å². The van der Waals surface area contributed by atoms with Gasteiger partial charge >= 0.3 is 6.03 Å². The summed E-state index contributed by atoms with van der Waals surface area (Å²) in [7, 11) is 0. The quantitative estimate of drug-likeness (QED) is 0.824. The molecule has 4 heteroatoms. The summed E-state index contributed by atoms with van der Waals surface area (Å²) in [6.45, 7) is 1.98. The van der Waals surface area contributed by atoms with Crippen molar-refractivity contribution in [3.63, 3.8) is 0 Å². The molecule has 0 saturated heterocycles. The van der Waals surface area contributed by atoms with E-state index in [2.05, 4.69) is 5.32 Å². The van der Waals surface area contributed by atoms with Crippen LogP contribution < -0.4 is 11.1 Å². The molecular weight excluding hydrogens is 238 g/mol. The number of carbonyl (C=O) groups excluding carboxylic acids is 1. The van der Waals surface area contributed by atoms with Gasteiger partial charge in [0.25, 0.3) is 0 Å². The Bertz CT molecular complexity index is 390. The number of nitrogens with one attached hydrogen (secondary N) is 1. The molecule has 0 bridgehead atoms. The van der Waals surface area contributed by atoms with Gasteiger partial charge in [0.05, 0.1) is 0 Å². The van der Waals surface area contributed by atoms with Crippen LogP contribution in [-0.4, -0.2) is 30.1 Å². The van der Waals surface area contributed by atoms with Crippen molar-refractivity contribution in [3.8, 4) is 0 Å². The largest absolute Gasteiger partial charge is 0.335 e. The molecule has 1 aromatic carbocycles. The van der Waals surface area contributed by atoms with Gasteiger partial charge in [-0.25, -0.2) is 4.79 Å². The van der Waals surface area contributed by atoms with Gasteiger partial charge in [-0.2, -0.15) is 0 Å². The zero-order chi connectivity index (χ0) is 13.5. The molecule has 3 N–H and O–H groups in total. The summed E-state index contributed by atoms with van der Waals surface area (Å²) >= 11 is 0. The first-order chi connectivity index (χ1) is 9.29. The molecule has 0 heterocycles. The van der Waals surface area contributed by atoms with Crippen LogP contribution in [-0.2, 0) is 6.54 Å². The molecule has 1 saturated carbocycles. The Kier molecular flexibility index (Phi) is 5.21. The molecule has 2 rings (SSSR count). The highest BCUT2D eigenvalue weighted by molar-refractivity contribution is 5.74. The first-order valence-corrected chi connectivity index (χ1v) is 7.09. The second-order valence-corrected chi connectivity index (χ2v) is 5.13. The third-order valence-electron chi connectivity index (χ3n) is 3.57. The number of nitrogens with two attached hydrogens (primary N) is 1. The number of amides is 2. The van der Waals surface area contributed by atoms with Crippen molar-refractivity contribution < 1.29 is 4.79 Å². The fourth-order valence-electron chi connectivity index (χ4n) is 2.16. The van der Waals surface area contributed by atoms with Gasteiger partial charge in [0.2, 0.25) is 0 Å². The van der Waals surface area contributed by atoms with E-state index in [-0.39, 0.29) is 6.03 Å². The average Bonchev–Trinajstić information content (AvgIpc) is 2.39. The van der Waals surface area contributed by atoms with Crippen LogP contribution in [0.5, 0.6) is 0 Å². The molecule has 1 aliphatic rings. The third-order valence-corrected chi connectivity index (χ3v) is 3.57. The second kappa shape index (κ2) is 7.14. The van der Waals surface area contributed by atoms with Crippen LogP contribution in [0.4, 0.5) is 4.79 Å². The Morgan fingerprint density at radius 1 is 1.32 bits per heavy atom. The topological polar surface area (TPSA) is 58.4 Å². The van der Waals surface area contributed by atoms with E-state index in [0.29, 0.717) is 25.7 Å². The van der Waals surface area contributed by atoms with E-state index in [4.69, 9.17) is 5.73 Å². The van der Waals surface area contributed by atoms with Crippen LogP contribution in [0, 0.1) is 0 Å². The highest BCUT2D eigenvalue weighted by Gasteiger charge is 2.22. The zero-order valence-electron chi connectivity index (χ0n) is 11.3. The lowest BCUT2D eigenvalue weighted by atomic mass is 9.93. The van der Waals surface area contributed by atoms with E-state index < -0.39 is 0 Å². The zero-order valence-corrected chi connectivity index (χ0v) is 11.3. The summed E-state index contributed by atoms with van der Waals surface area (Å²) in [5, 5.41) is 3.09. The minimum Gasteiger partial charge on any atom is -0.335 e. The van der Waals surface area contributed by atoms with Crippen LogP contribution in [0.15, 0.2) is 30.3 Å². The Labute approximate surface area is 115 Å². The molecule has 0 radical (unpaired) electrons. The Hall–Kier alpha value is -1.55. The van der Waals surface area contributed by atoms with Crippen molar-refractivity contribution in [1.82, 2.24) is 10.2 Å². The standard InChI is InChI=1S/C15H23N3O/c16-10-5-11-18(12-13-6-2-1-3-7-13)15(19)17-14-8-4-9-14/h1-3,6-7,14H,4-5,8-12,16H2,(H,17,19). The van der Waals surface area contributed by atoms with Gasteiger partial charge in [-0.05, 0) is 37.8 Å². The van der Waals surface area contributed by atoms with Crippen molar-refractivity contribution in [1.29, 1.82) is 0 Å². The minimum absolute atomic E-state index is 0.0435. The highest BCUT2D eigenvalue weighted by atomic mass is 16.2. The molecule has 0 atom stereocenters. The van der Waals surface area contributed by atoms with Gasteiger partial charge in [0, 0.05) is 19.1 Å². The predicted molar refractivity (Wildman–Crippen MR) is 76.7 cm³/mol. The lowest BCUT2D eigenvalue weighted by Gasteiger charge is -2.30. The molecule has 1 aliphatic carbocycles. The van der Waals surface area contributed by atoms with Gasteiger partial charge in [-0.3, -0.25) is 0 Å². The van der Waals surface area contributed by atoms with Crippen LogP contribution in [0.25, 0.3) is 0 Å². The lowest BCUT2D eigenvalue weighted by molar-refractivity contribution is 0.183. The molecule has 19 heavy (non-hydrogen) atoms. The van der Waals surface area contributed by atoms with Crippen molar-refractivity contribution in [3.05, 3.63) is 35.9 Å². The summed E-state index contributed by atoms with van der Waals surface area (Å²) < 4.78 is 0. The molecule has 1 fully saturated rings. The molecule has 4 nitrogen and oxygen atoms in total. The van der Waals surface area contributed by atoms with Crippen LogP contribution in [0.1, 0.15) is 31.2 Å². The monoisotopic (exact) mass is 261 g/mol. The predicted octanol–water partition coefficient (Wildman–Crippen LogP) is 2.10. The smallest absolute Gasteiger partial charge is 0.317 e. The Balaban J connectivity index is 1.91. The SMILES string of the molecule is NCCCN(Cc1ccccc1)C(=O)NC1CCC1. The summed E-state index contributed by atoms with van der Waals surface area (Å²) in [4.78, 5) is 14.1. The molecule has 0 unspecified atom stereocenters. The van der Waals surface area contributed by atoms with Crippen LogP contribution in [0.3, 0.4) is 0 Å². The van der Waals surface area contributed by atoms with Crippen molar-refractivity contribution >= 4 is 6.03 Å². The fraction of sp³-hybridized carbons (Fsp3) is 0.533. The maximum atomic E-state index is 12.2. The summed E-state index contributed by atoms with van der Waals surface area (Å²) in [6, 6.07) is 10.5. The maximum absolute atomic E-state index is 12.2. The number of hydrogen-bond acceptors (Lipinski definition) is 2. The summed E-state index contributed by atoms with van der Waals surface area (Å²) in [5.41, 5.74) is 6.71. The number of nitrogens with zero attached hydrogens (tertiary/aromatic N) is 1. The molecule has 0 aromatic heterocycles. The summed E-state index contributed by atoms with van der Waals surface area (Å²) in [6.07, 6.45) is 4.29. The minimum atomic E-state index is 0.0435. The highest BCUT2D eigenvalue weighted by Crippen LogP contribution is 2.18. The fourth-order valence-corrected chi connectivity index (χ4v) is 2.16. The molecule has 1 aromatic rings. The van der Waals surface area contributed by atoms with E-state index in [0.717, 1.165) is 24.8 Å². The number of urea groups is 1. The average molecular weight is 261 g/mol. The van der Waals surface area contributed by atoms with E-state index in [1.807, 2.05) is 35.2 Å². The number of carbonyl (C=O) groups is 1. The first-order valence-electron chi connectivity index (χ1n) is 7.09. The van der Waals surface area contributed by atoms with E-state index in [1.54, 1.807) is 0 Å². The van der Waals surface area contributed by atoms with Crippen molar-refractivity contribution in [2.45, 2.75) is 38.3 Å². The molecule has 2 amide bonds. The molecule has 0 aliphatic heterocycles. The lowest BCUT2D eigenvalue weighted by Crippen LogP contribution is -2.47. The molecule has 104 valence electrons. The number of benzene rings is 1. The second-order valence-electron chi connectivity index (χ2n) is 5.13. The van der Waals surface area contributed by atoms with Gasteiger partial charge in [-0.1, -0.05) is 30.3 Å². The van der Waals surface area contributed by atoms with Gasteiger partial charge in [0.15, 0.2) is 0 Å². The molecule has 0 spiro atoms. The van der Waals surface area contributed by atoms with Crippen LogP contribution in [0.2, 0.25) is 0 Å². The van der Waals surface area contributed by atoms with Crippen molar-refractivity contribution in [2.24, 2.45) is 5.73 Å². The normalized spacial score (nSPS) is 14.8. The Morgan fingerprint density at radius 3 is 2.63 bits per heavy atom. The maximum Gasteiger partial charge on any atom is 0.317 e. The molecular formula is C15H23N3O. The van der Waals surface area contributed by atoms with E-state index >= 15 is 0 Å². The first kappa shape index (κ1) is 13.9. The van der Waals surface area contributed by atoms with E-state index in [1.165, 1.54) is 6.42 Å². The van der Waals surface area contributed by atoms with E-state index in [9.17, 15) is 4.79 Å². The number of hydrogen-bond donors (Lipinski definition) is 2. The van der Waals surface area contributed by atoms with Crippen LogP contribution >= 0.6 is 0 Å². The summed E-state index contributed by atoms with van der Waals surface area (Å²) in [5.74, 6) is 0. The van der Waals surface area contributed by atoms with Crippen molar-refractivity contribution in [2.75, 3.05) is 13.1 Å². The van der Waals surface area contributed by atoms with Gasteiger partial charge in [-0.15, -0.1) is 0 Å². The number of rotatable bonds is 6. The van der Waals surface area contributed by atoms with Gasteiger partial charge in [0.1, 0.15) is 0 Å².